The summed E-state index contributed by atoms with van der Waals surface area (Å²) >= 11 is 0. The fraction of sp³-hybridized carbons (Fsp3) is 0.182. The number of nitro groups is 1. The summed E-state index contributed by atoms with van der Waals surface area (Å²) in [5.74, 6) is 0.416. The standard InChI is InChI=1S/C22H21N2O4/c1-14-19(15(2)25)20(16-10-12-18(28-4)13-11-16)22(24(26)27)21(23(14)3)17-8-6-5-7-9-17/h5-13H,1-4H3/q+1. The van der Waals surface area contributed by atoms with Gasteiger partial charge in [0, 0.05) is 6.92 Å². The van der Waals surface area contributed by atoms with Crippen LogP contribution in [0.2, 0.25) is 0 Å². The fourth-order valence-corrected chi connectivity index (χ4v) is 3.49. The van der Waals surface area contributed by atoms with Crippen LogP contribution in [0.1, 0.15) is 23.0 Å². The summed E-state index contributed by atoms with van der Waals surface area (Å²) in [5.41, 5.74) is 3.02. The van der Waals surface area contributed by atoms with E-state index in [2.05, 4.69) is 0 Å². The second kappa shape index (κ2) is 7.60. The molecule has 0 radical (unpaired) electrons. The monoisotopic (exact) mass is 377 g/mol. The van der Waals surface area contributed by atoms with Crippen LogP contribution in [0.4, 0.5) is 5.69 Å². The van der Waals surface area contributed by atoms with E-state index in [0.29, 0.717) is 39.4 Å². The van der Waals surface area contributed by atoms with E-state index in [1.54, 1.807) is 49.9 Å². The first-order chi connectivity index (χ1) is 13.4. The summed E-state index contributed by atoms with van der Waals surface area (Å²) in [4.78, 5) is 24.3. The molecule has 2 aromatic carbocycles. The molecule has 28 heavy (non-hydrogen) atoms. The zero-order valence-electron chi connectivity index (χ0n) is 16.2. The number of rotatable bonds is 5. The molecule has 0 bridgehead atoms. The van der Waals surface area contributed by atoms with Gasteiger partial charge in [0.1, 0.15) is 12.8 Å². The Morgan fingerprint density at radius 3 is 2.14 bits per heavy atom. The van der Waals surface area contributed by atoms with Gasteiger partial charge in [-0.3, -0.25) is 14.9 Å². The minimum absolute atomic E-state index is 0.0883. The lowest BCUT2D eigenvalue weighted by molar-refractivity contribution is -0.669. The maximum absolute atomic E-state index is 12.5. The van der Waals surface area contributed by atoms with Crippen LogP contribution in [-0.2, 0) is 7.05 Å². The van der Waals surface area contributed by atoms with Crippen molar-refractivity contribution < 1.29 is 19.0 Å². The van der Waals surface area contributed by atoms with Gasteiger partial charge in [0.05, 0.1) is 28.7 Å². The van der Waals surface area contributed by atoms with Crippen molar-refractivity contribution in [3.8, 4) is 28.1 Å². The summed E-state index contributed by atoms with van der Waals surface area (Å²) in [7, 11) is 3.30. The van der Waals surface area contributed by atoms with Gasteiger partial charge in [0.25, 0.3) is 5.69 Å². The Balaban J connectivity index is 2.49. The van der Waals surface area contributed by atoms with Crippen molar-refractivity contribution in [3.63, 3.8) is 0 Å². The summed E-state index contributed by atoms with van der Waals surface area (Å²) in [6.07, 6.45) is 0. The van der Waals surface area contributed by atoms with E-state index < -0.39 is 4.92 Å². The quantitative estimate of drug-likeness (QED) is 0.288. The lowest BCUT2D eigenvalue weighted by atomic mass is 9.91. The van der Waals surface area contributed by atoms with Crippen molar-refractivity contribution in [3.05, 3.63) is 76.0 Å². The van der Waals surface area contributed by atoms with Crippen molar-refractivity contribution in [2.75, 3.05) is 7.11 Å². The van der Waals surface area contributed by atoms with Gasteiger partial charge in [-0.1, -0.05) is 30.3 Å². The first kappa shape index (κ1) is 19.2. The first-order valence-corrected chi connectivity index (χ1v) is 8.78. The molecule has 0 fully saturated rings. The Morgan fingerprint density at radius 2 is 1.64 bits per heavy atom. The number of pyridine rings is 1. The molecular formula is C22H21N2O4+. The van der Waals surface area contributed by atoms with Crippen molar-refractivity contribution in [2.45, 2.75) is 13.8 Å². The van der Waals surface area contributed by atoms with Crippen LogP contribution < -0.4 is 9.30 Å². The lowest BCUT2D eigenvalue weighted by Crippen LogP contribution is -2.38. The highest BCUT2D eigenvalue weighted by molar-refractivity contribution is 6.05. The molecule has 0 unspecified atom stereocenters. The molecule has 142 valence electrons. The molecule has 6 nitrogen and oxygen atoms in total. The van der Waals surface area contributed by atoms with Crippen molar-refractivity contribution in [1.82, 2.24) is 0 Å². The molecule has 0 spiro atoms. The van der Waals surface area contributed by atoms with Gasteiger partial charge in [0.15, 0.2) is 11.5 Å². The predicted octanol–water partition coefficient (Wildman–Crippen LogP) is 4.27. The minimum atomic E-state index is -0.409. The topological polar surface area (TPSA) is 73.3 Å². The predicted molar refractivity (Wildman–Crippen MR) is 106 cm³/mol. The van der Waals surface area contributed by atoms with E-state index in [0.717, 1.165) is 0 Å². The van der Waals surface area contributed by atoms with Crippen LogP contribution in [0, 0.1) is 17.0 Å². The van der Waals surface area contributed by atoms with Crippen molar-refractivity contribution in [1.29, 1.82) is 0 Å². The molecular weight excluding hydrogens is 356 g/mol. The number of hydrogen-bond donors (Lipinski definition) is 0. The second-order valence-electron chi connectivity index (χ2n) is 6.50. The van der Waals surface area contributed by atoms with E-state index >= 15 is 0 Å². The highest BCUT2D eigenvalue weighted by Gasteiger charge is 2.37. The molecule has 0 amide bonds. The molecule has 6 heteroatoms. The third-order valence-electron chi connectivity index (χ3n) is 4.87. The van der Waals surface area contributed by atoms with Crippen LogP contribution in [0.25, 0.3) is 22.4 Å². The van der Waals surface area contributed by atoms with Crippen molar-refractivity contribution in [2.24, 2.45) is 7.05 Å². The molecule has 0 aliphatic heterocycles. The molecule has 0 N–H and O–H groups in total. The molecule has 0 atom stereocenters. The molecule has 3 aromatic rings. The number of ether oxygens (including phenoxy) is 1. The number of carbonyl (C=O) groups is 1. The summed E-state index contributed by atoms with van der Waals surface area (Å²) in [6, 6.07) is 16.1. The number of ketones is 1. The van der Waals surface area contributed by atoms with E-state index in [4.69, 9.17) is 4.74 Å². The number of methoxy groups -OCH3 is 1. The van der Waals surface area contributed by atoms with Crippen LogP contribution >= 0.6 is 0 Å². The Hall–Kier alpha value is -3.54. The third-order valence-corrected chi connectivity index (χ3v) is 4.87. The van der Waals surface area contributed by atoms with Gasteiger partial charge in [-0.2, -0.15) is 4.57 Å². The van der Waals surface area contributed by atoms with Gasteiger partial charge in [-0.15, -0.1) is 0 Å². The smallest absolute Gasteiger partial charge is 0.349 e. The van der Waals surface area contributed by atoms with Crippen LogP contribution in [0.3, 0.4) is 0 Å². The average Bonchev–Trinajstić information content (AvgIpc) is 2.69. The van der Waals surface area contributed by atoms with Crippen LogP contribution in [0.15, 0.2) is 54.6 Å². The average molecular weight is 377 g/mol. The van der Waals surface area contributed by atoms with Gasteiger partial charge in [-0.05, 0) is 36.8 Å². The van der Waals surface area contributed by atoms with E-state index in [1.807, 2.05) is 30.3 Å². The summed E-state index contributed by atoms with van der Waals surface area (Å²) in [5, 5.41) is 12.2. The van der Waals surface area contributed by atoms with Crippen LogP contribution in [-0.4, -0.2) is 17.8 Å². The minimum Gasteiger partial charge on any atom is -0.497 e. The maximum Gasteiger partial charge on any atom is 0.349 e. The van der Waals surface area contributed by atoms with E-state index in [-0.39, 0.29) is 11.5 Å². The normalized spacial score (nSPS) is 10.6. The summed E-state index contributed by atoms with van der Waals surface area (Å²) in [6.45, 7) is 3.24. The number of aromatic nitrogens is 1. The largest absolute Gasteiger partial charge is 0.497 e. The number of nitrogens with zero attached hydrogens (tertiary/aromatic N) is 2. The fourth-order valence-electron chi connectivity index (χ4n) is 3.49. The Labute approximate surface area is 163 Å². The highest BCUT2D eigenvalue weighted by Crippen LogP contribution is 2.40. The lowest BCUT2D eigenvalue weighted by Gasteiger charge is -2.14. The molecule has 0 aliphatic carbocycles. The van der Waals surface area contributed by atoms with E-state index in [1.165, 1.54) is 6.92 Å². The Kier molecular flexibility index (Phi) is 5.22. The number of hydrogen-bond acceptors (Lipinski definition) is 4. The van der Waals surface area contributed by atoms with Crippen molar-refractivity contribution >= 4 is 11.5 Å². The van der Waals surface area contributed by atoms with Gasteiger partial charge < -0.3 is 4.74 Å². The van der Waals surface area contributed by atoms with Crippen LogP contribution in [0.5, 0.6) is 5.75 Å². The molecule has 0 saturated heterocycles. The first-order valence-electron chi connectivity index (χ1n) is 8.78. The molecule has 1 heterocycles. The molecule has 0 saturated carbocycles. The van der Waals surface area contributed by atoms with Gasteiger partial charge >= 0.3 is 5.69 Å². The maximum atomic E-state index is 12.5. The highest BCUT2D eigenvalue weighted by atomic mass is 16.6. The van der Waals surface area contributed by atoms with E-state index in [9.17, 15) is 14.9 Å². The van der Waals surface area contributed by atoms with Gasteiger partial charge in [0.2, 0.25) is 0 Å². The third kappa shape index (κ3) is 3.24. The Bertz CT molecular complexity index is 1060. The van der Waals surface area contributed by atoms with Gasteiger partial charge in [-0.25, -0.2) is 0 Å². The second-order valence-corrected chi connectivity index (χ2v) is 6.50. The number of Topliss-reactive ketones (excluding diaryl/α,β-unsaturated/α-hetero) is 1. The zero-order valence-corrected chi connectivity index (χ0v) is 16.2. The molecule has 0 aliphatic rings. The number of carbonyl (C=O) groups excluding carboxylic acids is 1. The molecule has 1 aromatic heterocycles. The zero-order chi connectivity index (χ0) is 20.4. The Morgan fingerprint density at radius 1 is 1.04 bits per heavy atom. The summed E-state index contributed by atoms with van der Waals surface area (Å²) < 4.78 is 6.91. The number of benzene rings is 2. The molecule has 3 rings (SSSR count). The SMILES string of the molecule is COc1ccc(-c2c(C(C)=O)c(C)[n+](C)c(-c3ccccc3)c2[N+](=O)[O-])cc1.